The predicted molar refractivity (Wildman–Crippen MR) is 77.4 cm³/mol. The molecule has 0 aliphatic carbocycles. The van der Waals surface area contributed by atoms with Gasteiger partial charge in [-0.1, -0.05) is 6.92 Å². The molecule has 0 aliphatic rings. The molecule has 0 atom stereocenters. The summed E-state index contributed by atoms with van der Waals surface area (Å²) < 4.78 is 7.30. The SMILES string of the molecule is CCc1n[nH]c(=S)n1/N=C(\C)c1ccc(OC)cc1. The van der Waals surface area contributed by atoms with Gasteiger partial charge in [0.25, 0.3) is 0 Å². The molecule has 5 nitrogen and oxygen atoms in total. The Kier molecular flexibility index (Phi) is 4.11. The van der Waals surface area contributed by atoms with Crippen LogP contribution >= 0.6 is 12.2 Å². The van der Waals surface area contributed by atoms with Crippen molar-refractivity contribution in [3.8, 4) is 5.75 Å². The van der Waals surface area contributed by atoms with Crippen LogP contribution in [0.2, 0.25) is 0 Å². The highest BCUT2D eigenvalue weighted by Crippen LogP contribution is 2.12. The number of rotatable bonds is 4. The largest absolute Gasteiger partial charge is 0.497 e. The molecule has 0 bridgehead atoms. The van der Waals surface area contributed by atoms with Crippen LogP contribution in [-0.2, 0) is 6.42 Å². The van der Waals surface area contributed by atoms with E-state index in [1.165, 1.54) is 0 Å². The molecular formula is C13H16N4OS. The van der Waals surface area contributed by atoms with Crippen LogP contribution < -0.4 is 4.74 Å². The molecular weight excluding hydrogens is 260 g/mol. The average molecular weight is 276 g/mol. The fraction of sp³-hybridized carbons (Fsp3) is 0.308. The fourth-order valence-electron chi connectivity index (χ4n) is 1.70. The minimum atomic E-state index is 0.504. The van der Waals surface area contributed by atoms with Gasteiger partial charge in [-0.15, -0.1) is 0 Å². The number of hydrogen-bond acceptors (Lipinski definition) is 4. The normalized spacial score (nSPS) is 11.6. The highest BCUT2D eigenvalue weighted by molar-refractivity contribution is 7.71. The number of nitrogens with zero attached hydrogens (tertiary/aromatic N) is 3. The molecule has 1 N–H and O–H groups in total. The second-order valence-corrected chi connectivity index (χ2v) is 4.41. The molecule has 0 saturated heterocycles. The zero-order valence-electron chi connectivity index (χ0n) is 11.2. The summed E-state index contributed by atoms with van der Waals surface area (Å²) in [6.07, 6.45) is 0.770. The number of H-pyrrole nitrogens is 1. The van der Waals surface area contributed by atoms with E-state index in [1.807, 2.05) is 38.1 Å². The second-order valence-electron chi connectivity index (χ2n) is 4.02. The third-order valence-corrected chi connectivity index (χ3v) is 3.06. The van der Waals surface area contributed by atoms with Crippen molar-refractivity contribution >= 4 is 17.9 Å². The summed E-state index contributed by atoms with van der Waals surface area (Å²) in [5.74, 6) is 1.64. The fourth-order valence-corrected chi connectivity index (χ4v) is 1.89. The first-order chi connectivity index (χ1) is 9.15. The van der Waals surface area contributed by atoms with E-state index in [0.29, 0.717) is 4.77 Å². The Morgan fingerprint density at radius 3 is 2.68 bits per heavy atom. The van der Waals surface area contributed by atoms with Gasteiger partial charge >= 0.3 is 0 Å². The standard InChI is InChI=1S/C13H16N4OS/c1-4-12-14-15-13(19)17(12)16-9(2)10-5-7-11(18-3)8-6-10/h5-8H,4H2,1-3H3,(H,15,19)/b16-9+. The quantitative estimate of drug-likeness (QED) is 0.690. The van der Waals surface area contributed by atoms with Crippen LogP contribution in [0.3, 0.4) is 0 Å². The number of nitrogens with one attached hydrogen (secondary N) is 1. The zero-order valence-corrected chi connectivity index (χ0v) is 12.0. The third kappa shape index (κ3) is 2.90. The first kappa shape index (κ1) is 13.5. The van der Waals surface area contributed by atoms with Gasteiger partial charge in [-0.25, -0.2) is 0 Å². The maximum Gasteiger partial charge on any atom is 0.216 e. The van der Waals surface area contributed by atoms with E-state index in [2.05, 4.69) is 15.3 Å². The van der Waals surface area contributed by atoms with Crippen molar-refractivity contribution < 1.29 is 4.74 Å². The van der Waals surface area contributed by atoms with Crippen molar-refractivity contribution in [3.05, 3.63) is 40.4 Å². The minimum absolute atomic E-state index is 0.504. The number of aromatic amines is 1. The van der Waals surface area contributed by atoms with E-state index in [0.717, 1.165) is 29.3 Å². The van der Waals surface area contributed by atoms with Crippen LogP contribution in [0.5, 0.6) is 5.75 Å². The van der Waals surface area contributed by atoms with Gasteiger partial charge in [-0.2, -0.15) is 14.9 Å². The molecule has 1 aromatic heterocycles. The van der Waals surface area contributed by atoms with E-state index in [4.69, 9.17) is 17.0 Å². The Labute approximate surface area is 116 Å². The molecule has 0 aliphatic heterocycles. The summed E-state index contributed by atoms with van der Waals surface area (Å²) in [5, 5.41) is 11.4. The highest BCUT2D eigenvalue weighted by Gasteiger charge is 2.04. The van der Waals surface area contributed by atoms with Crippen molar-refractivity contribution in [3.63, 3.8) is 0 Å². The van der Waals surface area contributed by atoms with Gasteiger partial charge in [-0.05, 0) is 49.0 Å². The number of hydrogen-bond donors (Lipinski definition) is 1. The van der Waals surface area contributed by atoms with Crippen LogP contribution in [0.25, 0.3) is 0 Å². The number of aryl methyl sites for hydroxylation is 1. The van der Waals surface area contributed by atoms with E-state index in [9.17, 15) is 0 Å². The van der Waals surface area contributed by atoms with E-state index >= 15 is 0 Å². The van der Waals surface area contributed by atoms with Crippen LogP contribution in [0.4, 0.5) is 0 Å². The van der Waals surface area contributed by atoms with Crippen LogP contribution in [0.1, 0.15) is 25.2 Å². The van der Waals surface area contributed by atoms with Crippen molar-refractivity contribution in [2.45, 2.75) is 20.3 Å². The summed E-state index contributed by atoms with van der Waals surface area (Å²) in [7, 11) is 1.65. The van der Waals surface area contributed by atoms with Gasteiger partial charge in [0.2, 0.25) is 4.77 Å². The van der Waals surface area contributed by atoms with Gasteiger partial charge < -0.3 is 4.74 Å². The monoisotopic (exact) mass is 276 g/mol. The highest BCUT2D eigenvalue weighted by atomic mass is 32.1. The molecule has 0 fully saturated rings. The molecule has 2 aromatic rings. The molecule has 0 amide bonds. The Balaban J connectivity index is 2.36. The maximum absolute atomic E-state index is 5.16. The van der Waals surface area contributed by atoms with Crippen molar-refractivity contribution in [1.82, 2.24) is 14.9 Å². The Bertz CT molecular complexity index is 639. The van der Waals surface area contributed by atoms with Crippen molar-refractivity contribution in [2.24, 2.45) is 5.10 Å². The lowest BCUT2D eigenvalue weighted by atomic mass is 10.1. The van der Waals surface area contributed by atoms with Gasteiger partial charge in [-0.3, -0.25) is 5.10 Å². The third-order valence-electron chi connectivity index (χ3n) is 2.79. The van der Waals surface area contributed by atoms with Crippen LogP contribution in [0.15, 0.2) is 29.4 Å². The van der Waals surface area contributed by atoms with Crippen LogP contribution in [-0.4, -0.2) is 27.7 Å². The number of benzene rings is 1. The van der Waals surface area contributed by atoms with Gasteiger partial charge in [0.1, 0.15) is 5.75 Å². The molecule has 1 heterocycles. The van der Waals surface area contributed by atoms with E-state index in [1.54, 1.807) is 11.8 Å². The molecule has 0 saturated carbocycles. The molecule has 0 radical (unpaired) electrons. The molecule has 2 rings (SSSR count). The lowest BCUT2D eigenvalue weighted by molar-refractivity contribution is 0.415. The van der Waals surface area contributed by atoms with Crippen LogP contribution in [0, 0.1) is 4.77 Å². The van der Waals surface area contributed by atoms with Crippen molar-refractivity contribution in [2.75, 3.05) is 7.11 Å². The molecule has 100 valence electrons. The lowest BCUT2D eigenvalue weighted by Gasteiger charge is -2.04. The van der Waals surface area contributed by atoms with Gasteiger partial charge in [0, 0.05) is 6.42 Å². The summed E-state index contributed by atoms with van der Waals surface area (Å²) >= 11 is 5.16. The zero-order chi connectivity index (χ0) is 13.8. The van der Waals surface area contributed by atoms with E-state index < -0.39 is 0 Å². The second kappa shape index (κ2) is 5.79. The molecule has 1 aromatic carbocycles. The molecule has 0 spiro atoms. The number of methoxy groups -OCH3 is 1. The Morgan fingerprint density at radius 2 is 2.11 bits per heavy atom. The van der Waals surface area contributed by atoms with Crippen molar-refractivity contribution in [1.29, 1.82) is 0 Å². The van der Waals surface area contributed by atoms with Gasteiger partial charge in [0.05, 0.1) is 12.8 Å². The summed E-state index contributed by atoms with van der Waals surface area (Å²) in [6.45, 7) is 3.95. The average Bonchev–Trinajstić information content (AvgIpc) is 2.79. The maximum atomic E-state index is 5.16. The lowest BCUT2D eigenvalue weighted by Crippen LogP contribution is -2.03. The molecule has 0 unspecified atom stereocenters. The van der Waals surface area contributed by atoms with E-state index in [-0.39, 0.29) is 0 Å². The molecule has 6 heteroatoms. The first-order valence-corrected chi connectivity index (χ1v) is 6.42. The summed E-state index contributed by atoms with van der Waals surface area (Å²) in [5.41, 5.74) is 1.89. The van der Waals surface area contributed by atoms with Gasteiger partial charge in [0.15, 0.2) is 5.82 Å². The molecule has 19 heavy (non-hydrogen) atoms. The predicted octanol–water partition coefficient (Wildman–Crippen LogP) is 2.78. The first-order valence-electron chi connectivity index (χ1n) is 6.02. The topological polar surface area (TPSA) is 55.2 Å². The summed E-state index contributed by atoms with van der Waals surface area (Å²) in [4.78, 5) is 0. The number of aromatic nitrogens is 3. The minimum Gasteiger partial charge on any atom is -0.497 e. The number of ether oxygens (including phenoxy) is 1. The summed E-state index contributed by atoms with van der Waals surface area (Å²) in [6, 6.07) is 7.74. The Morgan fingerprint density at radius 1 is 1.42 bits per heavy atom. The Hall–Kier alpha value is -1.95. The smallest absolute Gasteiger partial charge is 0.216 e.